The minimum absolute atomic E-state index is 0.532. The molecule has 0 spiro atoms. The molecule has 0 aliphatic heterocycles. The molecule has 2 unspecified atom stereocenters. The molecule has 2 nitrogen and oxygen atoms in total. The Hall–Kier alpha value is -3.04. The summed E-state index contributed by atoms with van der Waals surface area (Å²) < 4.78 is 0. The highest BCUT2D eigenvalue weighted by molar-refractivity contribution is 7.18. The van der Waals surface area contributed by atoms with Crippen LogP contribution in [0.3, 0.4) is 0 Å². The fourth-order valence-corrected chi connectivity index (χ4v) is 5.68. The molecule has 2 atom stereocenters. The van der Waals surface area contributed by atoms with Crippen molar-refractivity contribution in [3.05, 3.63) is 83.9 Å². The van der Waals surface area contributed by atoms with Crippen LogP contribution in [-0.4, -0.2) is 10.2 Å². The largest absolute Gasteiger partial charge is 0.148 e. The predicted molar refractivity (Wildman–Crippen MR) is 143 cm³/mol. The molecule has 4 aromatic carbocycles. The van der Waals surface area contributed by atoms with E-state index in [1.54, 1.807) is 11.3 Å². The number of benzene rings is 4. The fourth-order valence-electron chi connectivity index (χ4n) is 4.76. The van der Waals surface area contributed by atoms with Gasteiger partial charge in [0, 0.05) is 11.1 Å². The SMILES string of the molecule is CCC(C)c1ccc(-c2nnc(-c3ccc(C(C)CC)c4ccccc34)s2)c2ccccc12. The zero-order valence-electron chi connectivity index (χ0n) is 19.8. The van der Waals surface area contributed by atoms with Crippen LogP contribution in [0.2, 0.25) is 0 Å². The number of fused-ring (bicyclic) bond motifs is 2. The minimum atomic E-state index is 0.532. The summed E-state index contributed by atoms with van der Waals surface area (Å²) in [5.74, 6) is 1.06. The summed E-state index contributed by atoms with van der Waals surface area (Å²) in [6.45, 7) is 9.11. The summed E-state index contributed by atoms with van der Waals surface area (Å²) in [6, 6.07) is 26.4. The van der Waals surface area contributed by atoms with Gasteiger partial charge in [0.1, 0.15) is 10.0 Å². The Morgan fingerprint density at radius 3 is 1.36 bits per heavy atom. The standard InChI is InChI=1S/C30H30N2S/c1-5-19(3)21-15-17-27(25-13-9-7-11-23(21)25)29-31-32-30(33-29)28-18-16-22(20(4)6-2)24-12-8-10-14-26(24)28/h7-20H,5-6H2,1-4H3. The highest BCUT2D eigenvalue weighted by Crippen LogP contribution is 2.40. The molecule has 0 bridgehead atoms. The Kier molecular flexibility index (Phi) is 5.99. The predicted octanol–water partition coefficient (Wildman–Crippen LogP) is 9.21. The number of nitrogens with zero attached hydrogens (tertiary/aromatic N) is 2. The maximum atomic E-state index is 4.66. The second kappa shape index (κ2) is 9.07. The highest BCUT2D eigenvalue weighted by Gasteiger charge is 2.17. The average molecular weight is 451 g/mol. The second-order valence-corrected chi connectivity index (χ2v) is 10.0. The summed E-state index contributed by atoms with van der Waals surface area (Å²) in [6.07, 6.45) is 2.26. The Bertz CT molecular complexity index is 1320. The van der Waals surface area contributed by atoms with E-state index in [2.05, 4.69) is 111 Å². The van der Waals surface area contributed by atoms with E-state index >= 15 is 0 Å². The summed E-state index contributed by atoms with van der Waals surface area (Å²) in [7, 11) is 0. The van der Waals surface area contributed by atoms with Crippen molar-refractivity contribution in [3.8, 4) is 21.1 Å². The third-order valence-electron chi connectivity index (χ3n) is 7.09. The third kappa shape index (κ3) is 3.85. The molecule has 33 heavy (non-hydrogen) atoms. The van der Waals surface area contributed by atoms with Crippen molar-refractivity contribution < 1.29 is 0 Å². The first-order valence-corrected chi connectivity index (χ1v) is 12.8. The van der Waals surface area contributed by atoms with Crippen LogP contribution in [0.25, 0.3) is 42.7 Å². The van der Waals surface area contributed by atoms with Gasteiger partial charge in [-0.25, -0.2) is 0 Å². The van der Waals surface area contributed by atoms with E-state index in [9.17, 15) is 0 Å². The third-order valence-corrected chi connectivity index (χ3v) is 8.08. The van der Waals surface area contributed by atoms with Gasteiger partial charge in [-0.3, -0.25) is 0 Å². The first kappa shape index (κ1) is 21.8. The summed E-state index contributed by atoms with van der Waals surface area (Å²) in [5, 5.41) is 16.4. The van der Waals surface area contributed by atoms with Crippen molar-refractivity contribution in [2.24, 2.45) is 0 Å². The van der Waals surface area contributed by atoms with Gasteiger partial charge < -0.3 is 0 Å². The van der Waals surface area contributed by atoms with Gasteiger partial charge >= 0.3 is 0 Å². The molecule has 0 saturated heterocycles. The Morgan fingerprint density at radius 1 is 0.576 bits per heavy atom. The van der Waals surface area contributed by atoms with E-state index < -0.39 is 0 Å². The number of hydrogen-bond donors (Lipinski definition) is 0. The Morgan fingerprint density at radius 2 is 0.970 bits per heavy atom. The van der Waals surface area contributed by atoms with Gasteiger partial charge in [-0.1, -0.05) is 112 Å². The fraction of sp³-hybridized carbons (Fsp3) is 0.267. The molecular formula is C30H30N2S. The molecule has 0 radical (unpaired) electrons. The van der Waals surface area contributed by atoms with Gasteiger partial charge in [0.05, 0.1) is 0 Å². The van der Waals surface area contributed by atoms with Crippen molar-refractivity contribution in [2.45, 2.75) is 52.4 Å². The van der Waals surface area contributed by atoms with Crippen LogP contribution < -0.4 is 0 Å². The van der Waals surface area contributed by atoms with Gasteiger partial charge in [-0.15, -0.1) is 10.2 Å². The van der Waals surface area contributed by atoms with Gasteiger partial charge in [-0.2, -0.15) is 0 Å². The van der Waals surface area contributed by atoms with Gasteiger partial charge in [0.25, 0.3) is 0 Å². The zero-order chi connectivity index (χ0) is 22.9. The molecule has 0 aliphatic carbocycles. The van der Waals surface area contributed by atoms with E-state index in [-0.39, 0.29) is 0 Å². The van der Waals surface area contributed by atoms with E-state index in [1.165, 1.54) is 43.8 Å². The quantitative estimate of drug-likeness (QED) is 0.258. The van der Waals surface area contributed by atoms with E-state index in [1.807, 2.05) is 0 Å². The first-order chi connectivity index (χ1) is 16.1. The molecular weight excluding hydrogens is 420 g/mol. The summed E-state index contributed by atoms with van der Waals surface area (Å²) in [5.41, 5.74) is 5.16. The van der Waals surface area contributed by atoms with Crippen molar-refractivity contribution in [3.63, 3.8) is 0 Å². The maximum Gasteiger partial charge on any atom is 0.148 e. The van der Waals surface area contributed by atoms with Crippen LogP contribution in [0.5, 0.6) is 0 Å². The number of hydrogen-bond acceptors (Lipinski definition) is 3. The lowest BCUT2D eigenvalue weighted by Crippen LogP contribution is -1.94. The highest BCUT2D eigenvalue weighted by atomic mass is 32.1. The van der Waals surface area contributed by atoms with Crippen LogP contribution in [0.4, 0.5) is 0 Å². The van der Waals surface area contributed by atoms with Crippen molar-refractivity contribution in [1.29, 1.82) is 0 Å². The molecule has 0 aliphatic rings. The smallest absolute Gasteiger partial charge is 0.138 e. The lowest BCUT2D eigenvalue weighted by molar-refractivity contribution is 0.740. The first-order valence-electron chi connectivity index (χ1n) is 12.0. The van der Waals surface area contributed by atoms with E-state index in [0.717, 1.165) is 22.9 Å². The van der Waals surface area contributed by atoms with Crippen LogP contribution in [-0.2, 0) is 0 Å². The number of rotatable bonds is 6. The second-order valence-electron chi connectivity index (χ2n) is 9.03. The lowest BCUT2D eigenvalue weighted by atomic mass is 9.91. The zero-order valence-corrected chi connectivity index (χ0v) is 20.6. The molecule has 166 valence electrons. The normalized spacial score (nSPS) is 13.5. The molecule has 1 heterocycles. The van der Waals surface area contributed by atoms with Crippen LogP contribution >= 0.6 is 11.3 Å². The molecule has 5 aromatic rings. The van der Waals surface area contributed by atoms with E-state index in [0.29, 0.717) is 11.8 Å². The lowest BCUT2D eigenvalue weighted by Gasteiger charge is -2.15. The van der Waals surface area contributed by atoms with Crippen LogP contribution in [0.15, 0.2) is 72.8 Å². The molecule has 3 heteroatoms. The summed E-state index contributed by atoms with van der Waals surface area (Å²) >= 11 is 1.69. The van der Waals surface area contributed by atoms with Crippen molar-refractivity contribution in [1.82, 2.24) is 10.2 Å². The molecule has 0 fully saturated rings. The van der Waals surface area contributed by atoms with Crippen molar-refractivity contribution in [2.75, 3.05) is 0 Å². The molecule has 1 aromatic heterocycles. The van der Waals surface area contributed by atoms with Gasteiger partial charge in [0.2, 0.25) is 0 Å². The van der Waals surface area contributed by atoms with E-state index in [4.69, 9.17) is 0 Å². The molecule has 0 amide bonds. The van der Waals surface area contributed by atoms with Gasteiger partial charge in [-0.05, 0) is 57.3 Å². The average Bonchev–Trinajstić information content (AvgIpc) is 3.36. The summed E-state index contributed by atoms with van der Waals surface area (Å²) in [4.78, 5) is 0. The van der Waals surface area contributed by atoms with Crippen LogP contribution in [0.1, 0.15) is 63.5 Å². The Labute approximate surface area is 200 Å². The maximum absolute atomic E-state index is 4.66. The molecule has 0 N–H and O–H groups in total. The monoisotopic (exact) mass is 450 g/mol. The molecule has 5 rings (SSSR count). The van der Waals surface area contributed by atoms with Crippen molar-refractivity contribution >= 4 is 32.9 Å². The number of aromatic nitrogens is 2. The Balaban J connectivity index is 1.63. The van der Waals surface area contributed by atoms with Crippen LogP contribution in [0, 0.1) is 0 Å². The minimum Gasteiger partial charge on any atom is -0.138 e. The topological polar surface area (TPSA) is 25.8 Å². The van der Waals surface area contributed by atoms with Gasteiger partial charge in [0.15, 0.2) is 0 Å². The molecule has 0 saturated carbocycles.